The summed E-state index contributed by atoms with van der Waals surface area (Å²) < 4.78 is 0. The van der Waals surface area contributed by atoms with Crippen molar-refractivity contribution in [2.75, 3.05) is 6.54 Å². The molecule has 0 heterocycles. The molecule has 5 heteroatoms. The Morgan fingerprint density at radius 2 is 2.10 bits per heavy atom. The molecule has 0 aromatic carbocycles. The summed E-state index contributed by atoms with van der Waals surface area (Å²) in [5, 5.41) is 4.87. The van der Waals surface area contributed by atoms with Crippen LogP contribution in [0.3, 0.4) is 0 Å². The molecular weight excluding hydrogens is 136 g/mol. The number of rotatable bonds is 5. The van der Waals surface area contributed by atoms with Crippen LogP contribution in [0.15, 0.2) is 10.4 Å². The fraction of sp³-hybridized carbons (Fsp3) is 0.800. The smallest absolute Gasteiger partial charge is 0.173 e. The first-order valence-corrected chi connectivity index (χ1v) is 2.90. The standard InChI is InChI=1S/C5H8N2O3/c1-2-5(8)4(7-10)3-6-9/h4H,2-3H2,1H3. The average Bonchev–Trinajstić information content (AvgIpc) is 1.99. The lowest BCUT2D eigenvalue weighted by atomic mass is 10.1. The molecule has 0 rings (SSSR count). The Hall–Kier alpha value is -1.13. The summed E-state index contributed by atoms with van der Waals surface area (Å²) in [4.78, 5) is 30.1. The predicted octanol–water partition coefficient (Wildman–Crippen LogP) is 0.867. The number of carbonyl (C=O) groups excluding carboxylic acids is 1. The van der Waals surface area contributed by atoms with Gasteiger partial charge in [0.05, 0.1) is 0 Å². The normalized spacial score (nSPS) is 12.1. The lowest BCUT2D eigenvalue weighted by molar-refractivity contribution is -0.119. The van der Waals surface area contributed by atoms with E-state index in [9.17, 15) is 14.6 Å². The number of nitrogens with zero attached hydrogens (tertiary/aromatic N) is 2. The van der Waals surface area contributed by atoms with E-state index in [0.717, 1.165) is 0 Å². The maximum absolute atomic E-state index is 10.6. The second kappa shape index (κ2) is 4.72. The van der Waals surface area contributed by atoms with Gasteiger partial charge in [-0.15, -0.1) is 4.91 Å². The predicted molar refractivity (Wildman–Crippen MR) is 35.5 cm³/mol. The van der Waals surface area contributed by atoms with Gasteiger partial charge >= 0.3 is 0 Å². The van der Waals surface area contributed by atoms with Crippen LogP contribution in [-0.4, -0.2) is 18.4 Å². The number of Topliss-reactive ketones (excluding diaryl/α,β-unsaturated/α-hetero) is 1. The van der Waals surface area contributed by atoms with Crippen LogP contribution in [0.25, 0.3) is 0 Å². The van der Waals surface area contributed by atoms with Crippen molar-refractivity contribution < 1.29 is 4.79 Å². The van der Waals surface area contributed by atoms with Gasteiger partial charge in [0.25, 0.3) is 0 Å². The minimum atomic E-state index is -1.07. The van der Waals surface area contributed by atoms with Crippen LogP contribution in [0.2, 0.25) is 0 Å². The number of carbonyl (C=O) groups is 1. The van der Waals surface area contributed by atoms with Gasteiger partial charge < -0.3 is 0 Å². The highest BCUT2D eigenvalue weighted by atomic mass is 16.3. The SMILES string of the molecule is CCC(=O)C(CN=O)N=O. The first-order chi connectivity index (χ1) is 4.76. The lowest BCUT2D eigenvalue weighted by Crippen LogP contribution is -2.19. The van der Waals surface area contributed by atoms with Gasteiger partial charge in [-0.2, -0.15) is 4.91 Å². The quantitative estimate of drug-likeness (QED) is 0.537. The highest BCUT2D eigenvalue weighted by molar-refractivity contribution is 5.84. The Morgan fingerprint density at radius 1 is 1.50 bits per heavy atom. The highest BCUT2D eigenvalue weighted by Gasteiger charge is 2.16. The molecule has 0 fully saturated rings. The van der Waals surface area contributed by atoms with Gasteiger partial charge in [-0.3, -0.25) is 4.79 Å². The zero-order chi connectivity index (χ0) is 7.98. The van der Waals surface area contributed by atoms with E-state index in [2.05, 4.69) is 10.4 Å². The third-order valence-corrected chi connectivity index (χ3v) is 1.09. The van der Waals surface area contributed by atoms with Crippen molar-refractivity contribution in [1.82, 2.24) is 0 Å². The van der Waals surface area contributed by atoms with Gasteiger partial charge in [-0.05, 0) is 0 Å². The molecule has 0 bridgehead atoms. The Labute approximate surface area is 57.8 Å². The summed E-state index contributed by atoms with van der Waals surface area (Å²) in [7, 11) is 0. The number of hydrogen-bond donors (Lipinski definition) is 0. The van der Waals surface area contributed by atoms with E-state index in [-0.39, 0.29) is 18.7 Å². The Bertz CT molecular complexity index is 146. The van der Waals surface area contributed by atoms with Crippen molar-refractivity contribution in [3.05, 3.63) is 9.81 Å². The molecule has 0 amide bonds. The zero-order valence-corrected chi connectivity index (χ0v) is 5.61. The van der Waals surface area contributed by atoms with Crippen LogP contribution in [-0.2, 0) is 4.79 Å². The van der Waals surface area contributed by atoms with E-state index in [0.29, 0.717) is 0 Å². The molecule has 56 valence electrons. The fourth-order valence-electron chi connectivity index (χ4n) is 0.500. The topological polar surface area (TPSA) is 75.9 Å². The molecule has 0 aliphatic heterocycles. The zero-order valence-electron chi connectivity index (χ0n) is 5.61. The average molecular weight is 144 g/mol. The monoisotopic (exact) mass is 144 g/mol. The molecule has 1 unspecified atom stereocenters. The van der Waals surface area contributed by atoms with Crippen LogP contribution in [0.5, 0.6) is 0 Å². The van der Waals surface area contributed by atoms with Crippen molar-refractivity contribution in [2.45, 2.75) is 19.4 Å². The summed E-state index contributed by atoms with van der Waals surface area (Å²) in [5.41, 5.74) is 0. The van der Waals surface area contributed by atoms with E-state index in [4.69, 9.17) is 0 Å². The largest absolute Gasteiger partial charge is 0.297 e. The highest BCUT2D eigenvalue weighted by Crippen LogP contribution is 1.96. The molecule has 0 aliphatic rings. The van der Waals surface area contributed by atoms with E-state index in [1.54, 1.807) is 6.92 Å². The van der Waals surface area contributed by atoms with Crippen LogP contribution in [0, 0.1) is 9.81 Å². The molecule has 10 heavy (non-hydrogen) atoms. The minimum absolute atomic E-state index is 0.214. The summed E-state index contributed by atoms with van der Waals surface area (Å²) in [5.74, 6) is -0.338. The second-order valence-corrected chi connectivity index (χ2v) is 1.75. The Kier molecular flexibility index (Phi) is 4.19. The van der Waals surface area contributed by atoms with E-state index < -0.39 is 6.04 Å². The van der Waals surface area contributed by atoms with E-state index in [1.165, 1.54) is 0 Å². The maximum Gasteiger partial charge on any atom is 0.173 e. The van der Waals surface area contributed by atoms with Crippen molar-refractivity contribution in [3.8, 4) is 0 Å². The molecule has 0 spiro atoms. The summed E-state index contributed by atoms with van der Waals surface area (Å²) >= 11 is 0. The molecule has 0 aliphatic carbocycles. The number of ketones is 1. The van der Waals surface area contributed by atoms with Crippen LogP contribution >= 0.6 is 0 Å². The van der Waals surface area contributed by atoms with E-state index in [1.807, 2.05) is 0 Å². The summed E-state index contributed by atoms with van der Waals surface area (Å²) in [6.07, 6.45) is 0.214. The Balaban J connectivity index is 3.91. The second-order valence-electron chi connectivity index (χ2n) is 1.75. The molecular formula is C5H8N2O3. The van der Waals surface area contributed by atoms with Crippen molar-refractivity contribution in [2.24, 2.45) is 10.4 Å². The first-order valence-electron chi connectivity index (χ1n) is 2.90. The third kappa shape index (κ3) is 2.43. The van der Waals surface area contributed by atoms with Gasteiger partial charge in [0.1, 0.15) is 6.54 Å². The van der Waals surface area contributed by atoms with Gasteiger partial charge in [-0.25, -0.2) is 0 Å². The fourth-order valence-corrected chi connectivity index (χ4v) is 0.500. The summed E-state index contributed by atoms with van der Waals surface area (Å²) in [6.45, 7) is 1.27. The van der Waals surface area contributed by atoms with E-state index >= 15 is 0 Å². The van der Waals surface area contributed by atoms with Crippen molar-refractivity contribution in [1.29, 1.82) is 0 Å². The molecule has 0 N–H and O–H groups in total. The molecule has 0 saturated heterocycles. The van der Waals surface area contributed by atoms with Crippen molar-refractivity contribution in [3.63, 3.8) is 0 Å². The van der Waals surface area contributed by atoms with Gasteiger partial charge in [0.2, 0.25) is 0 Å². The van der Waals surface area contributed by atoms with Crippen LogP contribution < -0.4 is 0 Å². The molecule has 5 nitrogen and oxygen atoms in total. The molecule has 0 aromatic rings. The molecule has 0 radical (unpaired) electrons. The lowest BCUT2D eigenvalue weighted by Gasteiger charge is -1.98. The number of hydrogen-bond acceptors (Lipinski definition) is 5. The maximum atomic E-state index is 10.6. The van der Waals surface area contributed by atoms with Crippen molar-refractivity contribution >= 4 is 5.78 Å². The summed E-state index contributed by atoms with van der Waals surface area (Å²) in [6, 6.07) is -1.07. The number of nitroso groups, excluding NO2 is 2. The molecule has 1 atom stereocenters. The first kappa shape index (κ1) is 8.87. The molecule has 0 aromatic heterocycles. The third-order valence-electron chi connectivity index (χ3n) is 1.09. The molecule has 0 saturated carbocycles. The van der Waals surface area contributed by atoms with Crippen LogP contribution in [0.1, 0.15) is 13.3 Å². The van der Waals surface area contributed by atoms with Gasteiger partial charge in [-0.1, -0.05) is 17.3 Å². The van der Waals surface area contributed by atoms with Gasteiger partial charge in [0, 0.05) is 6.42 Å². The minimum Gasteiger partial charge on any atom is -0.297 e. The Morgan fingerprint density at radius 3 is 2.40 bits per heavy atom. The van der Waals surface area contributed by atoms with Gasteiger partial charge in [0.15, 0.2) is 11.8 Å². The van der Waals surface area contributed by atoms with Crippen LogP contribution in [0.4, 0.5) is 0 Å².